The molecular formula is C14H10N6S. The summed E-state index contributed by atoms with van der Waals surface area (Å²) in [6.45, 7) is 0. The van der Waals surface area contributed by atoms with E-state index in [9.17, 15) is 0 Å². The average molecular weight is 294 g/mol. The molecule has 7 heteroatoms. The fourth-order valence-corrected chi connectivity index (χ4v) is 2.66. The highest BCUT2D eigenvalue weighted by Crippen LogP contribution is 2.22. The topological polar surface area (TPSA) is 68.0 Å². The molecule has 6 nitrogen and oxygen atoms in total. The van der Waals surface area contributed by atoms with Crippen molar-refractivity contribution >= 4 is 28.8 Å². The molecule has 0 unspecified atom stereocenters. The zero-order valence-electron chi connectivity index (χ0n) is 10.8. The van der Waals surface area contributed by atoms with Gasteiger partial charge in [-0.2, -0.15) is 9.50 Å². The van der Waals surface area contributed by atoms with Crippen LogP contribution in [0, 0.1) is 0 Å². The second-order valence-electron chi connectivity index (χ2n) is 4.31. The smallest absolute Gasteiger partial charge is 0.254 e. The average Bonchev–Trinajstić information content (AvgIpc) is 3.16. The Morgan fingerprint density at radius 3 is 2.71 bits per heavy atom. The molecule has 0 atom stereocenters. The first-order chi connectivity index (χ1) is 10.4. The van der Waals surface area contributed by atoms with E-state index in [1.165, 1.54) is 0 Å². The molecule has 4 rings (SSSR count). The third-order valence-electron chi connectivity index (χ3n) is 2.92. The Balaban J connectivity index is 1.78. The van der Waals surface area contributed by atoms with Gasteiger partial charge in [0, 0.05) is 23.5 Å². The number of thiazole rings is 1. The van der Waals surface area contributed by atoms with Crippen LogP contribution < -0.4 is 5.32 Å². The summed E-state index contributed by atoms with van der Waals surface area (Å²) < 4.78 is 1.70. The van der Waals surface area contributed by atoms with Crippen molar-refractivity contribution in [1.82, 2.24) is 24.6 Å². The third kappa shape index (κ3) is 2.23. The van der Waals surface area contributed by atoms with Gasteiger partial charge in [-0.15, -0.1) is 16.4 Å². The van der Waals surface area contributed by atoms with E-state index in [0.29, 0.717) is 11.7 Å². The Morgan fingerprint density at radius 1 is 1.00 bits per heavy atom. The number of anilines is 2. The lowest BCUT2D eigenvalue weighted by Crippen LogP contribution is -1.96. The third-order valence-corrected chi connectivity index (χ3v) is 3.72. The molecule has 0 saturated heterocycles. The van der Waals surface area contributed by atoms with Crippen LogP contribution in [-0.4, -0.2) is 24.6 Å². The number of nitrogens with zero attached hydrogens (tertiary/aromatic N) is 5. The fourth-order valence-electron chi connectivity index (χ4n) is 2.01. The number of benzene rings is 1. The molecule has 0 aliphatic rings. The maximum absolute atomic E-state index is 4.46. The second kappa shape index (κ2) is 4.95. The fraction of sp³-hybridized carbons (Fsp3) is 0. The minimum atomic E-state index is 0.512. The maximum Gasteiger partial charge on any atom is 0.254 e. The van der Waals surface area contributed by atoms with Crippen LogP contribution in [0.25, 0.3) is 16.5 Å². The number of para-hydroxylation sites is 1. The van der Waals surface area contributed by atoms with Crippen molar-refractivity contribution in [2.45, 2.75) is 0 Å². The number of fused-ring (bicyclic) bond motifs is 1. The van der Waals surface area contributed by atoms with Gasteiger partial charge in [-0.3, -0.25) is 0 Å². The van der Waals surface area contributed by atoms with Gasteiger partial charge in [0.1, 0.15) is 10.7 Å². The highest BCUT2D eigenvalue weighted by Gasteiger charge is 2.11. The van der Waals surface area contributed by atoms with Crippen LogP contribution in [0.3, 0.4) is 0 Å². The second-order valence-corrected chi connectivity index (χ2v) is 5.20. The lowest BCUT2D eigenvalue weighted by Gasteiger charge is -1.99. The molecule has 102 valence electrons. The van der Waals surface area contributed by atoms with Crippen molar-refractivity contribution in [3.8, 4) is 10.7 Å². The molecule has 0 fully saturated rings. The summed E-state index contributed by atoms with van der Waals surface area (Å²) >= 11 is 1.56. The maximum atomic E-state index is 4.46. The highest BCUT2D eigenvalue weighted by atomic mass is 32.1. The molecule has 0 radical (unpaired) electrons. The summed E-state index contributed by atoms with van der Waals surface area (Å²) in [6, 6.07) is 11.7. The van der Waals surface area contributed by atoms with Gasteiger partial charge in [0.05, 0.1) is 0 Å². The Labute approximate surface area is 124 Å². The van der Waals surface area contributed by atoms with Crippen molar-refractivity contribution in [2.24, 2.45) is 0 Å². The van der Waals surface area contributed by atoms with E-state index < -0.39 is 0 Å². The van der Waals surface area contributed by atoms with E-state index in [0.717, 1.165) is 16.4 Å². The minimum Gasteiger partial charge on any atom is -0.323 e. The number of hydrogen-bond acceptors (Lipinski definition) is 6. The summed E-state index contributed by atoms with van der Waals surface area (Å²) in [5.41, 5.74) is 1.81. The zero-order chi connectivity index (χ0) is 14.1. The molecule has 0 amide bonds. The summed E-state index contributed by atoms with van der Waals surface area (Å²) in [4.78, 5) is 12.9. The molecule has 4 aromatic rings. The number of aromatic nitrogens is 5. The van der Waals surface area contributed by atoms with Gasteiger partial charge in [-0.25, -0.2) is 9.97 Å². The van der Waals surface area contributed by atoms with Gasteiger partial charge in [0.2, 0.25) is 5.95 Å². The van der Waals surface area contributed by atoms with Crippen LogP contribution in [0.2, 0.25) is 0 Å². The van der Waals surface area contributed by atoms with E-state index in [1.54, 1.807) is 28.2 Å². The standard InChI is InChI=1S/C14H10N6S/c1-2-4-10(5-3-1)17-13-18-14-16-7-6-11(20(14)19-13)12-15-8-9-21-12/h1-9H,(H,17,19). The quantitative estimate of drug-likeness (QED) is 0.629. The van der Waals surface area contributed by atoms with Crippen LogP contribution >= 0.6 is 11.3 Å². The summed E-state index contributed by atoms with van der Waals surface area (Å²) in [5, 5.41) is 10.4. The van der Waals surface area contributed by atoms with Crippen LogP contribution in [0.1, 0.15) is 0 Å². The predicted octanol–water partition coefficient (Wildman–Crippen LogP) is 2.99. The lowest BCUT2D eigenvalue weighted by atomic mass is 10.3. The molecule has 0 spiro atoms. The Bertz CT molecular complexity index is 869. The normalized spacial score (nSPS) is 10.9. The van der Waals surface area contributed by atoms with Crippen molar-refractivity contribution in [2.75, 3.05) is 5.32 Å². The van der Waals surface area contributed by atoms with Crippen molar-refractivity contribution in [1.29, 1.82) is 0 Å². The number of hydrogen-bond donors (Lipinski definition) is 1. The monoisotopic (exact) mass is 294 g/mol. The molecule has 3 heterocycles. The lowest BCUT2D eigenvalue weighted by molar-refractivity contribution is 0.949. The van der Waals surface area contributed by atoms with E-state index in [4.69, 9.17) is 0 Å². The summed E-state index contributed by atoms with van der Waals surface area (Å²) in [5.74, 6) is 1.05. The molecule has 3 aromatic heterocycles. The van der Waals surface area contributed by atoms with Gasteiger partial charge in [0.15, 0.2) is 0 Å². The molecule has 0 saturated carbocycles. The van der Waals surface area contributed by atoms with Crippen LogP contribution in [0.4, 0.5) is 11.6 Å². The summed E-state index contributed by atoms with van der Waals surface area (Å²) in [7, 11) is 0. The minimum absolute atomic E-state index is 0.512. The SMILES string of the molecule is c1ccc(Nc2nc3nccc(-c4nccs4)n3n2)cc1. The van der Waals surface area contributed by atoms with Crippen LogP contribution in [0.15, 0.2) is 54.2 Å². The first-order valence-electron chi connectivity index (χ1n) is 6.34. The Kier molecular flexibility index (Phi) is 2.82. The van der Waals surface area contributed by atoms with Gasteiger partial charge < -0.3 is 5.32 Å². The summed E-state index contributed by atoms with van der Waals surface area (Å²) in [6.07, 6.45) is 3.49. The molecule has 1 aromatic carbocycles. The van der Waals surface area contributed by atoms with E-state index in [-0.39, 0.29) is 0 Å². The molecule has 0 aliphatic carbocycles. The van der Waals surface area contributed by atoms with Crippen molar-refractivity contribution in [3.05, 3.63) is 54.2 Å². The van der Waals surface area contributed by atoms with Crippen molar-refractivity contribution < 1.29 is 0 Å². The largest absolute Gasteiger partial charge is 0.323 e. The molecule has 0 aliphatic heterocycles. The number of rotatable bonds is 3. The Hall–Kier alpha value is -2.80. The van der Waals surface area contributed by atoms with Gasteiger partial charge in [0.25, 0.3) is 5.78 Å². The van der Waals surface area contributed by atoms with Crippen LogP contribution in [0.5, 0.6) is 0 Å². The predicted molar refractivity (Wildman–Crippen MR) is 81.6 cm³/mol. The highest BCUT2D eigenvalue weighted by molar-refractivity contribution is 7.13. The Morgan fingerprint density at radius 2 is 1.90 bits per heavy atom. The van der Waals surface area contributed by atoms with Gasteiger partial charge >= 0.3 is 0 Å². The van der Waals surface area contributed by atoms with E-state index >= 15 is 0 Å². The number of nitrogens with one attached hydrogen (secondary N) is 1. The van der Waals surface area contributed by atoms with E-state index in [2.05, 4.69) is 25.4 Å². The van der Waals surface area contributed by atoms with Gasteiger partial charge in [-0.05, 0) is 18.2 Å². The molecule has 0 bridgehead atoms. The molecular weight excluding hydrogens is 284 g/mol. The van der Waals surface area contributed by atoms with E-state index in [1.807, 2.05) is 41.8 Å². The van der Waals surface area contributed by atoms with Crippen LogP contribution in [-0.2, 0) is 0 Å². The van der Waals surface area contributed by atoms with Crippen molar-refractivity contribution in [3.63, 3.8) is 0 Å². The molecule has 1 N–H and O–H groups in total. The molecule has 21 heavy (non-hydrogen) atoms. The zero-order valence-corrected chi connectivity index (χ0v) is 11.7. The first kappa shape index (κ1) is 12.0. The van der Waals surface area contributed by atoms with Gasteiger partial charge in [-0.1, -0.05) is 18.2 Å². The first-order valence-corrected chi connectivity index (χ1v) is 7.22.